The number of hydrogen-bond donors (Lipinski definition) is 3. The second-order valence-electron chi connectivity index (χ2n) is 3.46. The Labute approximate surface area is 83.6 Å². The summed E-state index contributed by atoms with van der Waals surface area (Å²) in [7, 11) is 1.96. The third-order valence-corrected chi connectivity index (χ3v) is 2.40. The summed E-state index contributed by atoms with van der Waals surface area (Å²) in [4.78, 5) is 6.43. The Hall–Kier alpha value is -1.48. The molecule has 0 amide bonds. The van der Waals surface area contributed by atoms with Crippen molar-refractivity contribution in [1.29, 1.82) is 0 Å². The van der Waals surface area contributed by atoms with Crippen molar-refractivity contribution in [2.75, 3.05) is 7.05 Å². The maximum Gasteiger partial charge on any atom is 0.0474 e. The van der Waals surface area contributed by atoms with E-state index in [1.807, 2.05) is 19.4 Å². The molecule has 0 fully saturated rings. The van der Waals surface area contributed by atoms with Gasteiger partial charge in [-0.2, -0.15) is 0 Å². The zero-order valence-electron chi connectivity index (χ0n) is 8.52. The number of aromatic nitrogens is 2. The molecule has 0 aliphatic rings. The first kappa shape index (κ1) is 9.09. The lowest BCUT2D eigenvalue weighted by Gasteiger charge is -1.95. The second kappa shape index (κ2) is 3.72. The summed E-state index contributed by atoms with van der Waals surface area (Å²) in [6.07, 6.45) is 3.93. The number of nitrogens with one attached hydrogen (secondary N) is 3. The predicted molar refractivity (Wildman–Crippen MR) is 58.1 cm³/mol. The highest BCUT2D eigenvalue weighted by Gasteiger charge is 2.05. The molecule has 0 saturated heterocycles. The van der Waals surface area contributed by atoms with E-state index in [1.54, 1.807) is 0 Å². The van der Waals surface area contributed by atoms with Gasteiger partial charge in [0.15, 0.2) is 0 Å². The zero-order chi connectivity index (χ0) is 9.97. The summed E-state index contributed by atoms with van der Waals surface area (Å²) in [6.45, 7) is 3.01. The van der Waals surface area contributed by atoms with Gasteiger partial charge < -0.3 is 15.3 Å². The lowest BCUT2D eigenvalue weighted by Crippen LogP contribution is -2.04. The van der Waals surface area contributed by atoms with Crippen molar-refractivity contribution in [3.8, 4) is 11.3 Å². The van der Waals surface area contributed by atoms with Crippen molar-refractivity contribution in [2.24, 2.45) is 0 Å². The Morgan fingerprint density at radius 3 is 2.93 bits per heavy atom. The lowest BCUT2D eigenvalue weighted by molar-refractivity contribution is 0.812. The molecule has 74 valence electrons. The molecule has 2 aromatic heterocycles. The monoisotopic (exact) mass is 189 g/mol. The van der Waals surface area contributed by atoms with Gasteiger partial charge in [0.1, 0.15) is 0 Å². The average molecular weight is 189 g/mol. The molecule has 2 rings (SSSR count). The molecule has 0 aromatic carbocycles. The van der Waals surface area contributed by atoms with Crippen LogP contribution >= 0.6 is 0 Å². The van der Waals surface area contributed by atoms with Gasteiger partial charge in [0.25, 0.3) is 0 Å². The van der Waals surface area contributed by atoms with E-state index < -0.39 is 0 Å². The maximum atomic E-state index is 3.37. The molecule has 0 aliphatic carbocycles. The summed E-state index contributed by atoms with van der Waals surface area (Å²) in [5.41, 5.74) is 4.93. The maximum absolute atomic E-state index is 3.37. The van der Waals surface area contributed by atoms with E-state index in [0.717, 1.165) is 6.54 Å². The van der Waals surface area contributed by atoms with Crippen molar-refractivity contribution in [3.63, 3.8) is 0 Å². The molecule has 0 saturated carbocycles. The summed E-state index contributed by atoms with van der Waals surface area (Å²) < 4.78 is 0. The van der Waals surface area contributed by atoms with E-state index in [4.69, 9.17) is 0 Å². The van der Waals surface area contributed by atoms with E-state index in [9.17, 15) is 0 Å². The highest BCUT2D eigenvalue weighted by Crippen LogP contribution is 2.20. The number of H-pyrrole nitrogens is 2. The van der Waals surface area contributed by atoms with Crippen LogP contribution in [0.4, 0.5) is 0 Å². The van der Waals surface area contributed by atoms with Crippen LogP contribution in [0.5, 0.6) is 0 Å². The fourth-order valence-electron chi connectivity index (χ4n) is 1.62. The molecule has 2 aromatic rings. The van der Waals surface area contributed by atoms with Crippen LogP contribution in [-0.4, -0.2) is 17.0 Å². The first-order chi connectivity index (χ1) is 6.81. The van der Waals surface area contributed by atoms with Crippen LogP contribution in [-0.2, 0) is 6.54 Å². The Kier molecular flexibility index (Phi) is 2.41. The van der Waals surface area contributed by atoms with E-state index in [-0.39, 0.29) is 0 Å². The molecule has 0 unspecified atom stereocenters. The van der Waals surface area contributed by atoms with Gasteiger partial charge in [-0.05, 0) is 31.7 Å². The minimum Gasteiger partial charge on any atom is -0.367 e. The first-order valence-corrected chi connectivity index (χ1v) is 4.77. The van der Waals surface area contributed by atoms with Gasteiger partial charge in [-0.25, -0.2) is 0 Å². The summed E-state index contributed by atoms with van der Waals surface area (Å²) in [5, 5.41) is 3.16. The molecule has 14 heavy (non-hydrogen) atoms. The van der Waals surface area contributed by atoms with E-state index in [1.165, 1.54) is 22.5 Å². The topological polar surface area (TPSA) is 43.6 Å². The number of hydrogen-bond acceptors (Lipinski definition) is 1. The van der Waals surface area contributed by atoms with Gasteiger partial charge in [-0.15, -0.1) is 0 Å². The molecular weight excluding hydrogens is 174 g/mol. The molecule has 2 heterocycles. The van der Waals surface area contributed by atoms with Gasteiger partial charge in [0.2, 0.25) is 0 Å². The van der Waals surface area contributed by atoms with Gasteiger partial charge in [0.05, 0.1) is 0 Å². The second-order valence-corrected chi connectivity index (χ2v) is 3.46. The van der Waals surface area contributed by atoms with Gasteiger partial charge in [-0.1, -0.05) is 0 Å². The number of aryl methyl sites for hydroxylation is 1. The van der Waals surface area contributed by atoms with Crippen LogP contribution in [0.3, 0.4) is 0 Å². The summed E-state index contributed by atoms with van der Waals surface area (Å²) in [5.74, 6) is 0. The minimum absolute atomic E-state index is 0.909. The fourth-order valence-corrected chi connectivity index (χ4v) is 1.62. The lowest BCUT2D eigenvalue weighted by atomic mass is 10.2. The van der Waals surface area contributed by atoms with E-state index in [2.05, 4.69) is 34.3 Å². The van der Waals surface area contributed by atoms with Crippen LogP contribution in [0.1, 0.15) is 11.3 Å². The smallest absolute Gasteiger partial charge is 0.0474 e. The van der Waals surface area contributed by atoms with Gasteiger partial charge >= 0.3 is 0 Å². The molecule has 3 heteroatoms. The Balaban J connectivity index is 2.33. The number of aromatic amines is 2. The van der Waals surface area contributed by atoms with Gasteiger partial charge in [0, 0.05) is 35.9 Å². The first-order valence-electron chi connectivity index (χ1n) is 4.77. The number of rotatable bonds is 3. The van der Waals surface area contributed by atoms with Crippen molar-refractivity contribution in [1.82, 2.24) is 15.3 Å². The van der Waals surface area contributed by atoms with Gasteiger partial charge in [-0.3, -0.25) is 0 Å². The van der Waals surface area contributed by atoms with Crippen LogP contribution in [0.25, 0.3) is 11.3 Å². The average Bonchev–Trinajstić information content (AvgIpc) is 2.76. The van der Waals surface area contributed by atoms with Crippen molar-refractivity contribution in [3.05, 3.63) is 35.8 Å². The normalized spacial score (nSPS) is 10.7. The molecule has 0 atom stereocenters. The Bertz CT molecular complexity index is 398. The highest BCUT2D eigenvalue weighted by molar-refractivity contribution is 5.60. The predicted octanol–water partition coefficient (Wildman–Crippen LogP) is 2.04. The molecule has 0 spiro atoms. The summed E-state index contributed by atoms with van der Waals surface area (Å²) >= 11 is 0. The van der Waals surface area contributed by atoms with Crippen molar-refractivity contribution in [2.45, 2.75) is 13.5 Å². The summed E-state index contributed by atoms with van der Waals surface area (Å²) in [6, 6.07) is 4.25. The molecule has 0 radical (unpaired) electrons. The minimum atomic E-state index is 0.909. The highest BCUT2D eigenvalue weighted by atomic mass is 14.8. The zero-order valence-corrected chi connectivity index (χ0v) is 8.52. The van der Waals surface area contributed by atoms with Crippen LogP contribution in [0, 0.1) is 6.92 Å². The van der Waals surface area contributed by atoms with Crippen molar-refractivity contribution >= 4 is 0 Å². The molecule has 3 N–H and O–H groups in total. The molecule has 3 nitrogen and oxygen atoms in total. The third-order valence-electron chi connectivity index (χ3n) is 2.40. The third kappa shape index (κ3) is 1.59. The Morgan fingerprint density at radius 2 is 2.29 bits per heavy atom. The molecule has 0 bridgehead atoms. The molecule has 0 aliphatic heterocycles. The van der Waals surface area contributed by atoms with Crippen LogP contribution in [0.2, 0.25) is 0 Å². The largest absolute Gasteiger partial charge is 0.367 e. The SMILES string of the molecule is CNCc1cc(-c2cc[nH]c2)[nH]c1C. The quantitative estimate of drug-likeness (QED) is 0.679. The Morgan fingerprint density at radius 1 is 1.43 bits per heavy atom. The van der Waals surface area contributed by atoms with E-state index in [0.29, 0.717) is 0 Å². The fraction of sp³-hybridized carbons (Fsp3) is 0.273. The van der Waals surface area contributed by atoms with Crippen LogP contribution in [0.15, 0.2) is 24.5 Å². The van der Waals surface area contributed by atoms with Crippen molar-refractivity contribution < 1.29 is 0 Å². The molecular formula is C11H15N3. The van der Waals surface area contributed by atoms with Crippen LogP contribution < -0.4 is 5.32 Å². The van der Waals surface area contributed by atoms with E-state index >= 15 is 0 Å². The standard InChI is InChI=1S/C11H15N3/c1-8-10(6-12-2)5-11(14-8)9-3-4-13-7-9/h3-5,7,12-14H,6H2,1-2H3.